The van der Waals surface area contributed by atoms with Gasteiger partial charge in [0.25, 0.3) is 0 Å². The molecule has 1 fully saturated rings. The molecule has 1 saturated carbocycles. The van der Waals surface area contributed by atoms with Crippen molar-refractivity contribution in [2.45, 2.75) is 44.9 Å². The number of hydrogen-bond donors (Lipinski definition) is 0. The number of ether oxygens (including phenoxy) is 1. The van der Waals surface area contributed by atoms with E-state index in [0.717, 1.165) is 24.7 Å². The summed E-state index contributed by atoms with van der Waals surface area (Å²) < 4.78 is 30.5. The van der Waals surface area contributed by atoms with Crippen molar-refractivity contribution in [3.8, 4) is 5.75 Å². The zero-order valence-corrected chi connectivity index (χ0v) is 12.0. The fourth-order valence-corrected chi connectivity index (χ4v) is 2.96. The van der Waals surface area contributed by atoms with E-state index < -0.39 is 0 Å². The number of unbranched alkanes of at least 4 members (excludes halogenated alkanes) is 1. The minimum absolute atomic E-state index is 0.180. The van der Waals surface area contributed by atoms with E-state index in [1.807, 2.05) is 0 Å². The average molecular weight is 282 g/mol. The molecule has 2 rings (SSSR count). The van der Waals surface area contributed by atoms with Crippen LogP contribution >= 0.6 is 0 Å². The zero-order chi connectivity index (χ0) is 14.2. The highest BCUT2D eigenvalue weighted by molar-refractivity contribution is 5.22. The van der Waals surface area contributed by atoms with Crippen molar-refractivity contribution in [1.29, 1.82) is 0 Å². The molecule has 1 aromatic rings. The molecular weight excluding hydrogens is 258 g/mol. The number of rotatable bonds is 7. The first-order valence-electron chi connectivity index (χ1n) is 7.72. The van der Waals surface area contributed by atoms with Gasteiger partial charge in [-0.2, -0.15) is 0 Å². The Morgan fingerprint density at radius 1 is 0.950 bits per heavy atom. The summed E-state index contributed by atoms with van der Waals surface area (Å²) in [6, 6.07) is 6.21. The van der Waals surface area contributed by atoms with Crippen molar-refractivity contribution in [2.24, 2.45) is 11.8 Å². The first-order valence-corrected chi connectivity index (χ1v) is 7.72. The molecule has 0 aromatic heterocycles. The number of hydrogen-bond acceptors (Lipinski definition) is 1. The Hall–Kier alpha value is -1.12. The molecule has 1 aromatic carbocycles. The Morgan fingerprint density at radius 2 is 1.60 bits per heavy atom. The van der Waals surface area contributed by atoms with E-state index in [1.54, 1.807) is 12.1 Å². The highest BCUT2D eigenvalue weighted by atomic mass is 19.1. The van der Waals surface area contributed by atoms with Gasteiger partial charge in [0.05, 0.1) is 13.3 Å². The molecule has 1 aliphatic rings. The summed E-state index contributed by atoms with van der Waals surface area (Å²) in [5.41, 5.74) is 0. The van der Waals surface area contributed by atoms with Crippen LogP contribution in [0.2, 0.25) is 0 Å². The van der Waals surface area contributed by atoms with Gasteiger partial charge in [-0.25, -0.2) is 4.39 Å². The monoisotopic (exact) mass is 282 g/mol. The van der Waals surface area contributed by atoms with Crippen LogP contribution in [0.1, 0.15) is 44.9 Å². The van der Waals surface area contributed by atoms with Gasteiger partial charge in [-0.1, -0.05) is 25.7 Å². The molecule has 3 heteroatoms. The van der Waals surface area contributed by atoms with E-state index in [2.05, 4.69) is 0 Å². The maximum absolute atomic E-state index is 12.8. The maximum Gasteiger partial charge on any atom is 0.123 e. The lowest BCUT2D eigenvalue weighted by atomic mass is 9.80. The SMILES string of the molecule is FCCCC[C@H]1CC[C@H](COc2ccc(F)cc2)CC1. The molecule has 112 valence electrons. The van der Waals surface area contributed by atoms with Crippen LogP contribution in [0.25, 0.3) is 0 Å². The lowest BCUT2D eigenvalue weighted by molar-refractivity contribution is 0.177. The maximum atomic E-state index is 12.8. The van der Waals surface area contributed by atoms with Gasteiger partial charge in [-0.15, -0.1) is 0 Å². The van der Waals surface area contributed by atoms with Crippen LogP contribution < -0.4 is 4.74 Å². The van der Waals surface area contributed by atoms with Gasteiger partial charge in [0.2, 0.25) is 0 Å². The smallest absolute Gasteiger partial charge is 0.123 e. The van der Waals surface area contributed by atoms with Gasteiger partial charge < -0.3 is 4.74 Å². The Kier molecular flexibility index (Phi) is 6.28. The third-order valence-corrected chi connectivity index (χ3v) is 4.26. The summed E-state index contributed by atoms with van der Waals surface area (Å²) in [7, 11) is 0. The molecular formula is C17H24F2O. The summed E-state index contributed by atoms with van der Waals surface area (Å²) in [5.74, 6) is 1.91. The molecule has 0 unspecified atom stereocenters. The lowest BCUT2D eigenvalue weighted by Crippen LogP contribution is -2.20. The molecule has 20 heavy (non-hydrogen) atoms. The molecule has 0 bridgehead atoms. The zero-order valence-electron chi connectivity index (χ0n) is 12.0. The van der Waals surface area contributed by atoms with Gasteiger partial charge in [0, 0.05) is 0 Å². The Bertz CT molecular complexity index is 369. The number of benzene rings is 1. The summed E-state index contributed by atoms with van der Waals surface area (Å²) in [6.45, 7) is 0.545. The second kappa shape index (κ2) is 8.23. The van der Waals surface area contributed by atoms with E-state index in [4.69, 9.17) is 4.74 Å². The van der Waals surface area contributed by atoms with Crippen LogP contribution in [0.5, 0.6) is 5.75 Å². The largest absolute Gasteiger partial charge is 0.493 e. The van der Waals surface area contributed by atoms with E-state index in [-0.39, 0.29) is 12.5 Å². The number of alkyl halides is 1. The van der Waals surface area contributed by atoms with Gasteiger partial charge in [0.15, 0.2) is 0 Å². The molecule has 0 amide bonds. The summed E-state index contributed by atoms with van der Waals surface area (Å²) in [4.78, 5) is 0. The first kappa shape index (κ1) is 15.3. The second-order valence-electron chi connectivity index (χ2n) is 5.84. The van der Waals surface area contributed by atoms with Gasteiger partial charge >= 0.3 is 0 Å². The highest BCUT2D eigenvalue weighted by Crippen LogP contribution is 2.32. The normalized spacial score (nSPS) is 22.7. The minimum Gasteiger partial charge on any atom is -0.493 e. The fourth-order valence-electron chi connectivity index (χ4n) is 2.96. The first-order chi connectivity index (χ1) is 9.78. The Morgan fingerprint density at radius 3 is 2.25 bits per heavy atom. The van der Waals surface area contributed by atoms with Crippen LogP contribution in [0.4, 0.5) is 8.78 Å². The van der Waals surface area contributed by atoms with Crippen molar-refractivity contribution < 1.29 is 13.5 Å². The highest BCUT2D eigenvalue weighted by Gasteiger charge is 2.21. The van der Waals surface area contributed by atoms with Crippen LogP contribution in [-0.2, 0) is 0 Å². The molecule has 0 heterocycles. The Labute approximate surface area is 120 Å². The molecule has 0 saturated heterocycles. The quantitative estimate of drug-likeness (QED) is 0.628. The lowest BCUT2D eigenvalue weighted by Gasteiger charge is -2.28. The third-order valence-electron chi connectivity index (χ3n) is 4.26. The predicted octanol–water partition coefficient (Wildman–Crippen LogP) is 5.15. The van der Waals surface area contributed by atoms with Crippen molar-refractivity contribution >= 4 is 0 Å². The summed E-state index contributed by atoms with van der Waals surface area (Å²) in [6.07, 6.45) is 7.79. The van der Waals surface area contributed by atoms with Crippen molar-refractivity contribution in [3.05, 3.63) is 30.1 Å². The average Bonchev–Trinajstić information content (AvgIpc) is 2.48. The van der Waals surface area contributed by atoms with Gasteiger partial charge in [-0.05, 0) is 55.4 Å². The molecule has 0 aliphatic heterocycles. The van der Waals surface area contributed by atoms with E-state index >= 15 is 0 Å². The predicted molar refractivity (Wildman–Crippen MR) is 77.2 cm³/mol. The van der Waals surface area contributed by atoms with Crippen molar-refractivity contribution in [1.82, 2.24) is 0 Å². The van der Waals surface area contributed by atoms with E-state index in [1.165, 1.54) is 44.2 Å². The molecule has 1 nitrogen and oxygen atoms in total. The van der Waals surface area contributed by atoms with Gasteiger partial charge in [-0.3, -0.25) is 4.39 Å². The molecule has 0 spiro atoms. The van der Waals surface area contributed by atoms with Crippen molar-refractivity contribution in [3.63, 3.8) is 0 Å². The minimum atomic E-state index is -0.230. The second-order valence-corrected chi connectivity index (χ2v) is 5.84. The van der Waals surface area contributed by atoms with E-state index in [0.29, 0.717) is 12.3 Å². The van der Waals surface area contributed by atoms with Crippen LogP contribution in [0.3, 0.4) is 0 Å². The molecule has 1 aliphatic carbocycles. The van der Waals surface area contributed by atoms with Crippen LogP contribution in [0, 0.1) is 17.7 Å². The Balaban J connectivity index is 1.63. The fraction of sp³-hybridized carbons (Fsp3) is 0.647. The molecule has 0 N–H and O–H groups in total. The van der Waals surface area contributed by atoms with Crippen molar-refractivity contribution in [2.75, 3.05) is 13.3 Å². The molecule has 0 radical (unpaired) electrons. The third kappa shape index (κ3) is 5.10. The standard InChI is InChI=1S/C17H24F2O/c18-12-2-1-3-14-4-6-15(7-5-14)13-20-17-10-8-16(19)9-11-17/h8-11,14-15H,1-7,12-13H2/t14-,15-. The summed E-state index contributed by atoms with van der Waals surface area (Å²) >= 11 is 0. The van der Waals surface area contributed by atoms with Crippen LogP contribution in [0.15, 0.2) is 24.3 Å². The van der Waals surface area contributed by atoms with Crippen LogP contribution in [-0.4, -0.2) is 13.3 Å². The summed E-state index contributed by atoms with van der Waals surface area (Å²) in [5, 5.41) is 0. The topological polar surface area (TPSA) is 9.23 Å². The number of halogens is 2. The van der Waals surface area contributed by atoms with Gasteiger partial charge in [0.1, 0.15) is 11.6 Å². The molecule has 0 atom stereocenters. The van der Waals surface area contributed by atoms with E-state index in [9.17, 15) is 8.78 Å².